The molecular formula is C20H21N3O5S. The molecule has 0 atom stereocenters. The van der Waals surface area contributed by atoms with Crippen molar-refractivity contribution >= 4 is 21.7 Å². The van der Waals surface area contributed by atoms with Crippen molar-refractivity contribution < 1.29 is 23.1 Å². The number of phenolic OH excluding ortho intramolecular Hbond substituents is 1. The van der Waals surface area contributed by atoms with Gasteiger partial charge in [0.05, 0.1) is 17.4 Å². The SMILES string of the molecule is N#Cc1ccc(CS(=O)(=O)CC(=O)NCCCNC(=O)c2cccc(O)c2)cc1. The van der Waals surface area contributed by atoms with Gasteiger partial charge in [-0.15, -0.1) is 0 Å². The first kappa shape index (κ1) is 21.9. The highest BCUT2D eigenvalue weighted by atomic mass is 32.2. The molecule has 2 amide bonds. The first-order chi connectivity index (χ1) is 13.8. The Balaban J connectivity index is 1.69. The van der Waals surface area contributed by atoms with Crippen LogP contribution in [0, 0.1) is 11.3 Å². The van der Waals surface area contributed by atoms with Gasteiger partial charge >= 0.3 is 0 Å². The van der Waals surface area contributed by atoms with Gasteiger partial charge < -0.3 is 15.7 Å². The smallest absolute Gasteiger partial charge is 0.251 e. The molecule has 0 heterocycles. The summed E-state index contributed by atoms with van der Waals surface area (Å²) < 4.78 is 24.2. The van der Waals surface area contributed by atoms with Crippen LogP contribution < -0.4 is 10.6 Å². The molecule has 2 aromatic rings. The molecule has 3 N–H and O–H groups in total. The van der Waals surface area contributed by atoms with E-state index < -0.39 is 21.5 Å². The van der Waals surface area contributed by atoms with Crippen molar-refractivity contribution in [1.29, 1.82) is 5.26 Å². The maximum Gasteiger partial charge on any atom is 0.251 e. The molecule has 0 aliphatic rings. The summed E-state index contributed by atoms with van der Waals surface area (Å²) in [7, 11) is -3.64. The molecule has 152 valence electrons. The molecule has 2 rings (SSSR count). The molecule has 0 aliphatic carbocycles. The van der Waals surface area contributed by atoms with Crippen molar-refractivity contribution in [3.05, 3.63) is 65.2 Å². The minimum Gasteiger partial charge on any atom is -0.508 e. The lowest BCUT2D eigenvalue weighted by molar-refractivity contribution is -0.118. The zero-order valence-corrected chi connectivity index (χ0v) is 16.4. The Labute approximate surface area is 169 Å². The van der Waals surface area contributed by atoms with Gasteiger partial charge in [0, 0.05) is 18.7 Å². The highest BCUT2D eigenvalue weighted by Gasteiger charge is 2.17. The van der Waals surface area contributed by atoms with Crippen LogP contribution in [0.25, 0.3) is 0 Å². The third kappa shape index (κ3) is 7.63. The monoisotopic (exact) mass is 415 g/mol. The maximum atomic E-state index is 12.1. The van der Waals surface area contributed by atoms with Crippen LogP contribution in [0.15, 0.2) is 48.5 Å². The Kier molecular flexibility index (Phi) is 7.74. The Morgan fingerprint density at radius 1 is 1.03 bits per heavy atom. The second kappa shape index (κ2) is 10.2. The molecule has 0 radical (unpaired) electrons. The predicted molar refractivity (Wildman–Crippen MR) is 107 cm³/mol. The minimum absolute atomic E-state index is 0.00729. The fraction of sp³-hybridized carbons (Fsp3) is 0.250. The van der Waals surface area contributed by atoms with Crippen LogP contribution in [0.4, 0.5) is 0 Å². The van der Waals surface area contributed by atoms with Gasteiger partial charge in [0.25, 0.3) is 5.91 Å². The van der Waals surface area contributed by atoms with Crippen LogP contribution >= 0.6 is 0 Å². The number of hydrogen-bond donors (Lipinski definition) is 3. The van der Waals surface area contributed by atoms with E-state index in [2.05, 4.69) is 10.6 Å². The van der Waals surface area contributed by atoms with Crippen LogP contribution in [0.5, 0.6) is 5.75 Å². The van der Waals surface area contributed by atoms with Crippen LogP contribution in [-0.2, 0) is 20.4 Å². The predicted octanol–water partition coefficient (Wildman–Crippen LogP) is 1.11. The molecular weight excluding hydrogens is 394 g/mol. The van der Waals surface area contributed by atoms with Crippen LogP contribution in [0.1, 0.15) is 27.9 Å². The topological polar surface area (TPSA) is 136 Å². The number of sulfone groups is 1. The fourth-order valence-electron chi connectivity index (χ4n) is 2.50. The van der Waals surface area contributed by atoms with Gasteiger partial charge in [-0.25, -0.2) is 8.42 Å². The highest BCUT2D eigenvalue weighted by molar-refractivity contribution is 7.91. The second-order valence-electron chi connectivity index (χ2n) is 6.35. The van der Waals surface area contributed by atoms with E-state index in [0.29, 0.717) is 23.1 Å². The number of amides is 2. The second-order valence-corrected chi connectivity index (χ2v) is 8.42. The maximum absolute atomic E-state index is 12.1. The lowest BCUT2D eigenvalue weighted by Gasteiger charge is -2.08. The standard InChI is InChI=1S/C20H21N3O5S/c21-12-15-5-7-16(8-6-15)13-29(27,28)14-19(25)22-9-2-10-23-20(26)17-3-1-4-18(24)11-17/h1,3-8,11,24H,2,9-10,13-14H2,(H,22,25)(H,23,26). The Bertz CT molecular complexity index is 1010. The zero-order valence-electron chi connectivity index (χ0n) is 15.6. The molecule has 0 spiro atoms. The number of hydrogen-bond acceptors (Lipinski definition) is 6. The van der Waals surface area contributed by atoms with E-state index in [1.165, 1.54) is 24.3 Å². The number of carbonyl (C=O) groups is 2. The third-order valence-electron chi connectivity index (χ3n) is 3.89. The van der Waals surface area contributed by atoms with E-state index in [1.807, 2.05) is 6.07 Å². The Morgan fingerprint density at radius 2 is 1.72 bits per heavy atom. The number of nitrogens with zero attached hydrogens (tertiary/aromatic N) is 1. The largest absolute Gasteiger partial charge is 0.508 e. The molecule has 29 heavy (non-hydrogen) atoms. The van der Waals surface area contributed by atoms with Crippen molar-refractivity contribution in [3.8, 4) is 11.8 Å². The molecule has 0 fully saturated rings. The summed E-state index contributed by atoms with van der Waals surface area (Å²) in [5, 5.41) is 23.3. The number of phenols is 1. The van der Waals surface area contributed by atoms with Crippen LogP contribution in [-0.4, -0.2) is 44.2 Å². The van der Waals surface area contributed by atoms with E-state index in [-0.39, 0.29) is 30.5 Å². The van der Waals surface area contributed by atoms with Crippen LogP contribution in [0.3, 0.4) is 0 Å². The van der Waals surface area contributed by atoms with Crippen molar-refractivity contribution in [2.75, 3.05) is 18.8 Å². The lowest BCUT2D eigenvalue weighted by atomic mass is 10.2. The molecule has 0 aliphatic heterocycles. The van der Waals surface area contributed by atoms with Gasteiger partial charge in [-0.2, -0.15) is 5.26 Å². The summed E-state index contributed by atoms with van der Waals surface area (Å²) in [4.78, 5) is 23.7. The number of nitriles is 1. The zero-order chi connectivity index (χ0) is 21.3. The Morgan fingerprint density at radius 3 is 2.38 bits per heavy atom. The molecule has 8 nitrogen and oxygen atoms in total. The van der Waals surface area contributed by atoms with Gasteiger partial charge in [0.1, 0.15) is 11.5 Å². The van der Waals surface area contributed by atoms with Crippen molar-refractivity contribution in [3.63, 3.8) is 0 Å². The van der Waals surface area contributed by atoms with Gasteiger partial charge in [-0.3, -0.25) is 9.59 Å². The fourth-order valence-corrected chi connectivity index (χ4v) is 3.80. The minimum atomic E-state index is -3.64. The van der Waals surface area contributed by atoms with E-state index >= 15 is 0 Å². The van der Waals surface area contributed by atoms with Crippen molar-refractivity contribution in [2.45, 2.75) is 12.2 Å². The van der Waals surface area contributed by atoms with Gasteiger partial charge in [0.15, 0.2) is 9.84 Å². The average molecular weight is 415 g/mol. The van der Waals surface area contributed by atoms with Crippen molar-refractivity contribution in [2.24, 2.45) is 0 Å². The molecule has 0 aromatic heterocycles. The number of nitrogens with one attached hydrogen (secondary N) is 2. The lowest BCUT2D eigenvalue weighted by Crippen LogP contribution is -2.33. The van der Waals surface area contributed by atoms with Gasteiger partial charge in [-0.1, -0.05) is 18.2 Å². The summed E-state index contributed by atoms with van der Waals surface area (Å²) in [5.41, 5.74) is 1.26. The quantitative estimate of drug-likeness (QED) is 0.525. The normalized spacial score (nSPS) is 10.7. The Hall–Kier alpha value is -3.38. The average Bonchev–Trinajstić information content (AvgIpc) is 2.67. The van der Waals surface area contributed by atoms with Gasteiger partial charge in [-0.05, 0) is 42.3 Å². The highest BCUT2D eigenvalue weighted by Crippen LogP contribution is 2.10. The number of benzene rings is 2. The van der Waals surface area contributed by atoms with Crippen molar-refractivity contribution in [1.82, 2.24) is 10.6 Å². The van der Waals surface area contributed by atoms with E-state index in [1.54, 1.807) is 24.3 Å². The van der Waals surface area contributed by atoms with Gasteiger partial charge in [0.2, 0.25) is 5.91 Å². The summed E-state index contributed by atoms with van der Waals surface area (Å²) in [6.45, 7) is 0.498. The number of aromatic hydroxyl groups is 1. The summed E-state index contributed by atoms with van der Waals surface area (Å²) in [5.74, 6) is -1.89. The first-order valence-corrected chi connectivity index (χ1v) is 10.6. The molecule has 0 saturated carbocycles. The number of rotatable bonds is 9. The summed E-state index contributed by atoms with van der Waals surface area (Å²) in [6.07, 6.45) is 0.423. The third-order valence-corrected chi connectivity index (χ3v) is 5.37. The summed E-state index contributed by atoms with van der Waals surface area (Å²) in [6, 6.07) is 14.0. The molecule has 2 aromatic carbocycles. The summed E-state index contributed by atoms with van der Waals surface area (Å²) >= 11 is 0. The number of carbonyl (C=O) groups excluding carboxylic acids is 2. The van der Waals surface area contributed by atoms with E-state index in [9.17, 15) is 23.1 Å². The first-order valence-electron chi connectivity index (χ1n) is 8.82. The molecule has 0 bridgehead atoms. The van der Waals surface area contributed by atoms with E-state index in [0.717, 1.165) is 0 Å². The van der Waals surface area contributed by atoms with E-state index in [4.69, 9.17) is 5.26 Å². The van der Waals surface area contributed by atoms with Crippen LogP contribution in [0.2, 0.25) is 0 Å². The molecule has 0 saturated heterocycles. The molecule has 0 unspecified atom stereocenters. The molecule has 9 heteroatoms.